The summed E-state index contributed by atoms with van der Waals surface area (Å²) >= 11 is 1.51. The van der Waals surface area contributed by atoms with Crippen LogP contribution in [0.15, 0.2) is 18.3 Å². The predicted octanol–water partition coefficient (Wildman–Crippen LogP) is 2.92. The summed E-state index contributed by atoms with van der Waals surface area (Å²) in [4.78, 5) is 26.1. The summed E-state index contributed by atoms with van der Waals surface area (Å²) in [6, 6.07) is 5.52. The SMILES string of the molecule is CC(=O)[C@H]1SCC(C#N)N1N[C@H]1CC[C@H](Nc2ccc([N+](=O)[O-])cn2)CC1.Cl.Cl. The number of nitrogens with one attached hydrogen (secondary N) is 2. The van der Waals surface area contributed by atoms with Crippen molar-refractivity contribution in [2.75, 3.05) is 11.1 Å². The van der Waals surface area contributed by atoms with Gasteiger partial charge in [-0.05, 0) is 38.7 Å². The zero-order valence-electron chi connectivity index (χ0n) is 15.8. The van der Waals surface area contributed by atoms with Gasteiger partial charge in [-0.25, -0.2) is 15.4 Å². The summed E-state index contributed by atoms with van der Waals surface area (Å²) < 4.78 is 0. The van der Waals surface area contributed by atoms with Crippen LogP contribution in [0, 0.1) is 21.4 Å². The number of rotatable bonds is 6. The number of anilines is 1. The number of nitriles is 1. The molecule has 1 aliphatic carbocycles. The molecular weight excluding hydrogens is 439 g/mol. The molecule has 0 aromatic carbocycles. The van der Waals surface area contributed by atoms with Gasteiger partial charge in [0, 0.05) is 23.9 Å². The second kappa shape index (κ2) is 11.5. The first-order valence-electron chi connectivity index (χ1n) is 8.91. The number of ketones is 1. The summed E-state index contributed by atoms with van der Waals surface area (Å²) in [5.74, 6) is 1.33. The van der Waals surface area contributed by atoms with Gasteiger partial charge in [0.25, 0.3) is 5.69 Å². The van der Waals surface area contributed by atoms with E-state index in [1.807, 2.05) is 5.01 Å². The van der Waals surface area contributed by atoms with Gasteiger partial charge < -0.3 is 5.32 Å². The molecule has 0 bridgehead atoms. The van der Waals surface area contributed by atoms with E-state index in [2.05, 4.69) is 21.8 Å². The number of aromatic nitrogens is 1. The Morgan fingerprint density at radius 1 is 1.31 bits per heavy atom. The van der Waals surface area contributed by atoms with Crippen LogP contribution < -0.4 is 10.7 Å². The van der Waals surface area contributed by atoms with Crippen molar-refractivity contribution in [3.8, 4) is 6.07 Å². The van der Waals surface area contributed by atoms with Crippen LogP contribution in [0.4, 0.5) is 11.5 Å². The number of thioether (sulfide) groups is 1. The lowest BCUT2D eigenvalue weighted by molar-refractivity contribution is -0.385. The van der Waals surface area contributed by atoms with Crippen molar-refractivity contribution >= 4 is 53.9 Å². The molecule has 1 aromatic heterocycles. The number of hydrogen-bond donors (Lipinski definition) is 2. The Morgan fingerprint density at radius 2 is 1.97 bits per heavy atom. The molecule has 12 heteroatoms. The van der Waals surface area contributed by atoms with Gasteiger partial charge in [0.1, 0.15) is 23.4 Å². The van der Waals surface area contributed by atoms with Crippen molar-refractivity contribution in [2.24, 2.45) is 0 Å². The lowest BCUT2D eigenvalue weighted by Crippen LogP contribution is -2.53. The third-order valence-electron chi connectivity index (χ3n) is 4.87. The lowest BCUT2D eigenvalue weighted by atomic mass is 9.91. The average molecular weight is 463 g/mol. The standard InChI is InChI=1S/C17H22N6O3S.2ClH/c1-11(24)17-22(15(8-18)10-27-17)21-13-4-2-12(3-5-13)20-16-7-6-14(9-19-16)23(25)26;;/h6-7,9,12-13,15,17,21H,2-5,10H2,1H3,(H,19,20);2*1H/t12-,13-,15?,17-;;/m1../s1. The van der Waals surface area contributed by atoms with Crippen molar-refractivity contribution in [3.63, 3.8) is 0 Å². The zero-order valence-corrected chi connectivity index (χ0v) is 18.3. The van der Waals surface area contributed by atoms with E-state index in [9.17, 15) is 20.2 Å². The maximum absolute atomic E-state index is 11.8. The molecule has 29 heavy (non-hydrogen) atoms. The third kappa shape index (κ3) is 6.42. The highest BCUT2D eigenvalue weighted by Gasteiger charge is 2.38. The van der Waals surface area contributed by atoms with Gasteiger partial charge in [-0.1, -0.05) is 0 Å². The number of pyridine rings is 1. The molecule has 0 amide bonds. The first-order valence-corrected chi connectivity index (χ1v) is 9.96. The summed E-state index contributed by atoms with van der Waals surface area (Å²) in [5, 5.41) is 24.8. The Kier molecular flexibility index (Phi) is 10.1. The van der Waals surface area contributed by atoms with Crippen molar-refractivity contribution in [1.29, 1.82) is 5.26 Å². The largest absolute Gasteiger partial charge is 0.367 e. The fraction of sp³-hybridized carbons (Fsp3) is 0.588. The van der Waals surface area contributed by atoms with Crippen molar-refractivity contribution in [2.45, 2.75) is 56.1 Å². The Morgan fingerprint density at radius 3 is 2.48 bits per heavy atom. The first kappa shape index (κ1) is 25.4. The Hall–Kier alpha value is -1.64. The summed E-state index contributed by atoms with van der Waals surface area (Å²) in [5.41, 5.74) is 3.38. The molecule has 9 nitrogen and oxygen atoms in total. The Balaban J connectivity index is 0.00000210. The van der Waals surface area contributed by atoms with E-state index in [4.69, 9.17) is 0 Å². The van der Waals surface area contributed by atoms with E-state index < -0.39 is 4.92 Å². The van der Waals surface area contributed by atoms with Crippen LogP contribution in [0.5, 0.6) is 0 Å². The third-order valence-corrected chi connectivity index (χ3v) is 6.25. The summed E-state index contributed by atoms with van der Waals surface area (Å²) in [6.45, 7) is 1.56. The summed E-state index contributed by atoms with van der Waals surface area (Å²) in [6.07, 6.45) is 4.91. The maximum Gasteiger partial charge on any atom is 0.287 e. The van der Waals surface area contributed by atoms with E-state index in [-0.39, 0.29) is 59.8 Å². The average Bonchev–Trinajstić information content (AvgIpc) is 3.06. The van der Waals surface area contributed by atoms with Gasteiger partial charge in [0.15, 0.2) is 5.78 Å². The number of carbonyl (C=O) groups excluding carboxylic acids is 1. The first-order chi connectivity index (χ1) is 13.0. The minimum absolute atomic E-state index is 0. The molecule has 0 radical (unpaired) electrons. The van der Waals surface area contributed by atoms with E-state index in [0.717, 1.165) is 25.7 Å². The second-order valence-corrected chi connectivity index (χ2v) is 7.94. The quantitative estimate of drug-likeness (QED) is 0.484. The topological polar surface area (TPSA) is 124 Å². The number of nitrogens with zero attached hydrogens (tertiary/aromatic N) is 4. The minimum Gasteiger partial charge on any atom is -0.367 e. The molecule has 1 aliphatic heterocycles. The lowest BCUT2D eigenvalue weighted by Gasteiger charge is -2.35. The number of hydrazine groups is 1. The van der Waals surface area contributed by atoms with Gasteiger partial charge in [0.2, 0.25) is 0 Å². The van der Waals surface area contributed by atoms with Gasteiger partial charge in [-0.2, -0.15) is 5.26 Å². The molecule has 2 atom stereocenters. The molecule has 1 aromatic rings. The van der Waals surface area contributed by atoms with E-state index in [1.165, 1.54) is 24.0 Å². The van der Waals surface area contributed by atoms with Gasteiger partial charge >= 0.3 is 0 Å². The number of carbonyl (C=O) groups is 1. The molecule has 2 aliphatic rings. The molecule has 160 valence electrons. The van der Waals surface area contributed by atoms with Crippen LogP contribution in [-0.2, 0) is 4.79 Å². The van der Waals surface area contributed by atoms with Crippen LogP contribution in [0.3, 0.4) is 0 Å². The van der Waals surface area contributed by atoms with Gasteiger partial charge in [-0.15, -0.1) is 36.6 Å². The number of hydrogen-bond acceptors (Lipinski definition) is 9. The molecular formula is C17H24Cl2N6O3S. The monoisotopic (exact) mass is 462 g/mol. The molecule has 1 saturated carbocycles. The molecule has 1 saturated heterocycles. The predicted molar refractivity (Wildman–Crippen MR) is 116 cm³/mol. The smallest absolute Gasteiger partial charge is 0.287 e. The van der Waals surface area contributed by atoms with Crippen LogP contribution >= 0.6 is 36.6 Å². The highest BCUT2D eigenvalue weighted by molar-refractivity contribution is 8.00. The Labute approximate surface area is 185 Å². The number of nitro groups is 1. The number of Topliss-reactive ketones (excluding diaryl/α,β-unsaturated/α-hetero) is 1. The highest BCUT2D eigenvalue weighted by Crippen LogP contribution is 2.30. The molecule has 0 spiro atoms. The van der Waals surface area contributed by atoms with Crippen LogP contribution in [0.1, 0.15) is 32.6 Å². The van der Waals surface area contributed by atoms with Crippen molar-refractivity contribution in [1.82, 2.24) is 15.4 Å². The van der Waals surface area contributed by atoms with E-state index in [0.29, 0.717) is 11.6 Å². The van der Waals surface area contributed by atoms with Crippen molar-refractivity contribution < 1.29 is 9.72 Å². The molecule has 1 unspecified atom stereocenters. The Bertz CT molecular complexity index is 740. The van der Waals surface area contributed by atoms with Crippen LogP contribution in [-0.4, -0.2) is 50.0 Å². The maximum atomic E-state index is 11.8. The molecule has 2 heterocycles. The van der Waals surface area contributed by atoms with Crippen LogP contribution in [0.2, 0.25) is 0 Å². The molecule has 2 N–H and O–H groups in total. The minimum atomic E-state index is -0.465. The highest BCUT2D eigenvalue weighted by atomic mass is 35.5. The number of halogens is 2. The summed E-state index contributed by atoms with van der Waals surface area (Å²) in [7, 11) is 0. The van der Waals surface area contributed by atoms with Crippen LogP contribution in [0.25, 0.3) is 0 Å². The molecule has 3 rings (SSSR count). The zero-order chi connectivity index (χ0) is 19.4. The van der Waals surface area contributed by atoms with Crippen molar-refractivity contribution in [3.05, 3.63) is 28.4 Å². The fourth-order valence-corrected chi connectivity index (χ4v) is 4.65. The normalized spacial score (nSPS) is 26.5. The molecule has 2 fully saturated rings. The van der Waals surface area contributed by atoms with E-state index >= 15 is 0 Å². The second-order valence-electron chi connectivity index (χ2n) is 6.83. The van der Waals surface area contributed by atoms with Gasteiger partial charge in [0.05, 0.1) is 11.0 Å². The fourth-order valence-electron chi connectivity index (χ4n) is 3.44. The van der Waals surface area contributed by atoms with E-state index in [1.54, 1.807) is 13.0 Å². The van der Waals surface area contributed by atoms with Gasteiger partial charge in [-0.3, -0.25) is 14.9 Å².